The smallest absolute Gasteiger partial charge is 0.145 e. The van der Waals surface area contributed by atoms with Crippen LogP contribution in [0.25, 0.3) is 10.9 Å². The lowest BCUT2D eigenvalue weighted by Crippen LogP contribution is -1.88. The van der Waals surface area contributed by atoms with Crippen LogP contribution in [0.1, 0.15) is 5.69 Å². The zero-order valence-corrected chi connectivity index (χ0v) is 8.60. The van der Waals surface area contributed by atoms with E-state index in [9.17, 15) is 4.39 Å². The normalized spacial score (nSPS) is 10.7. The second kappa shape index (κ2) is 3.07. The molecule has 0 unspecified atom stereocenters. The molecule has 13 heavy (non-hydrogen) atoms. The third-order valence-corrected chi connectivity index (χ3v) is 2.40. The monoisotopic (exact) mass is 239 g/mol. The van der Waals surface area contributed by atoms with E-state index in [0.717, 1.165) is 15.4 Å². The summed E-state index contributed by atoms with van der Waals surface area (Å²) in [5, 5.41) is 0.817. The van der Waals surface area contributed by atoms with Gasteiger partial charge in [-0.25, -0.2) is 4.39 Å². The summed E-state index contributed by atoms with van der Waals surface area (Å²) in [6.45, 7) is 1.66. The molecule has 2 rings (SSSR count). The Kier molecular flexibility index (Phi) is 2.04. The molecule has 0 aliphatic heterocycles. The Balaban J connectivity index is 2.81. The molecule has 0 bridgehead atoms. The van der Waals surface area contributed by atoms with Crippen LogP contribution in [0.3, 0.4) is 0 Å². The molecular formula is C10H7BrFN. The Morgan fingerprint density at radius 3 is 2.85 bits per heavy atom. The molecule has 1 heterocycles. The predicted octanol–water partition coefficient (Wildman–Crippen LogP) is 3.44. The number of hydrogen-bond donors (Lipinski definition) is 0. The number of halogens is 2. The van der Waals surface area contributed by atoms with Gasteiger partial charge in [-0.05, 0) is 31.2 Å². The van der Waals surface area contributed by atoms with Crippen LogP contribution in [0.4, 0.5) is 4.39 Å². The van der Waals surface area contributed by atoms with E-state index >= 15 is 0 Å². The van der Waals surface area contributed by atoms with Crippen molar-refractivity contribution in [1.82, 2.24) is 4.98 Å². The molecule has 2 aromatic rings. The van der Waals surface area contributed by atoms with Crippen molar-refractivity contribution in [2.45, 2.75) is 6.92 Å². The van der Waals surface area contributed by atoms with E-state index in [2.05, 4.69) is 20.9 Å². The van der Waals surface area contributed by atoms with Gasteiger partial charge in [0.15, 0.2) is 0 Å². The lowest BCUT2D eigenvalue weighted by Gasteiger charge is -2.00. The lowest BCUT2D eigenvalue weighted by molar-refractivity contribution is 0.613. The summed E-state index contributed by atoms with van der Waals surface area (Å²) in [6, 6.07) is 7.12. The summed E-state index contributed by atoms with van der Waals surface area (Å²) in [5.74, 6) is -0.259. The van der Waals surface area contributed by atoms with Gasteiger partial charge in [0.05, 0.1) is 11.2 Å². The van der Waals surface area contributed by atoms with Crippen LogP contribution in [-0.2, 0) is 0 Å². The predicted molar refractivity (Wildman–Crippen MR) is 54.1 cm³/mol. The highest BCUT2D eigenvalue weighted by Gasteiger charge is 2.01. The number of aromatic nitrogens is 1. The maximum absolute atomic E-state index is 13.1. The third kappa shape index (κ3) is 1.56. The minimum atomic E-state index is -0.259. The van der Waals surface area contributed by atoms with Crippen molar-refractivity contribution in [3.8, 4) is 0 Å². The summed E-state index contributed by atoms with van der Waals surface area (Å²) in [5.41, 5.74) is 1.26. The fraction of sp³-hybridized carbons (Fsp3) is 0.100. The van der Waals surface area contributed by atoms with E-state index in [1.807, 2.05) is 18.2 Å². The molecule has 0 saturated carbocycles. The quantitative estimate of drug-likeness (QED) is 0.687. The van der Waals surface area contributed by atoms with Gasteiger partial charge in [-0.3, -0.25) is 4.98 Å². The highest BCUT2D eigenvalue weighted by molar-refractivity contribution is 9.10. The minimum absolute atomic E-state index is 0.259. The summed E-state index contributed by atoms with van der Waals surface area (Å²) in [7, 11) is 0. The van der Waals surface area contributed by atoms with E-state index < -0.39 is 0 Å². The fourth-order valence-electron chi connectivity index (χ4n) is 1.22. The minimum Gasteiger partial charge on any atom is -0.250 e. The maximum Gasteiger partial charge on any atom is 0.145 e. The zero-order valence-electron chi connectivity index (χ0n) is 7.01. The molecule has 0 amide bonds. The maximum atomic E-state index is 13.1. The second-order valence-electron chi connectivity index (χ2n) is 2.89. The van der Waals surface area contributed by atoms with Crippen molar-refractivity contribution in [2.75, 3.05) is 0 Å². The number of hydrogen-bond acceptors (Lipinski definition) is 1. The summed E-state index contributed by atoms with van der Waals surface area (Å²) >= 11 is 3.33. The average Bonchev–Trinajstić information content (AvgIpc) is 2.08. The van der Waals surface area contributed by atoms with Gasteiger partial charge in [0.2, 0.25) is 0 Å². The summed E-state index contributed by atoms with van der Waals surface area (Å²) in [4.78, 5) is 4.12. The highest BCUT2D eigenvalue weighted by atomic mass is 79.9. The molecule has 0 radical (unpaired) electrons. The summed E-state index contributed by atoms with van der Waals surface area (Å²) in [6.07, 6.45) is 0. The van der Waals surface area contributed by atoms with Crippen molar-refractivity contribution >= 4 is 26.8 Å². The first-order valence-corrected chi connectivity index (χ1v) is 4.68. The Hall–Kier alpha value is -0.960. The van der Waals surface area contributed by atoms with Crippen molar-refractivity contribution < 1.29 is 4.39 Å². The highest BCUT2D eigenvalue weighted by Crippen LogP contribution is 2.19. The Morgan fingerprint density at radius 1 is 1.31 bits per heavy atom. The molecule has 0 atom stereocenters. The Labute approximate surface area is 83.7 Å². The van der Waals surface area contributed by atoms with Crippen LogP contribution < -0.4 is 0 Å². The van der Waals surface area contributed by atoms with E-state index in [-0.39, 0.29) is 5.82 Å². The van der Waals surface area contributed by atoms with Gasteiger partial charge in [-0.15, -0.1) is 0 Å². The van der Waals surface area contributed by atoms with Gasteiger partial charge < -0.3 is 0 Å². The molecule has 3 heteroatoms. The van der Waals surface area contributed by atoms with Crippen LogP contribution in [0.2, 0.25) is 0 Å². The second-order valence-corrected chi connectivity index (χ2v) is 3.81. The van der Waals surface area contributed by atoms with Gasteiger partial charge >= 0.3 is 0 Å². The number of benzene rings is 1. The number of pyridine rings is 1. The van der Waals surface area contributed by atoms with Crippen molar-refractivity contribution in [2.24, 2.45) is 0 Å². The first kappa shape index (κ1) is 8.63. The fourth-order valence-corrected chi connectivity index (χ4v) is 1.60. The van der Waals surface area contributed by atoms with Crippen molar-refractivity contribution in [3.05, 3.63) is 40.2 Å². The molecule has 1 aromatic heterocycles. The van der Waals surface area contributed by atoms with Crippen LogP contribution in [-0.4, -0.2) is 4.98 Å². The SMILES string of the molecule is Cc1nc2ccc(Br)cc2cc1F. The standard InChI is InChI=1S/C10H7BrFN/c1-6-9(12)5-7-4-8(11)2-3-10(7)13-6/h2-5H,1H3. The molecule has 1 aromatic carbocycles. The number of rotatable bonds is 0. The molecule has 0 spiro atoms. The third-order valence-electron chi connectivity index (χ3n) is 1.91. The molecule has 0 N–H and O–H groups in total. The first-order chi connectivity index (χ1) is 6.16. The van der Waals surface area contributed by atoms with Crippen molar-refractivity contribution in [3.63, 3.8) is 0 Å². The molecule has 0 aliphatic carbocycles. The molecule has 0 aliphatic rings. The Bertz CT molecular complexity index is 468. The molecular weight excluding hydrogens is 233 g/mol. The largest absolute Gasteiger partial charge is 0.250 e. The van der Waals surface area contributed by atoms with E-state index in [0.29, 0.717) is 5.69 Å². The van der Waals surface area contributed by atoms with E-state index in [1.54, 1.807) is 6.92 Å². The molecule has 66 valence electrons. The van der Waals surface area contributed by atoms with Crippen LogP contribution in [0, 0.1) is 12.7 Å². The topological polar surface area (TPSA) is 12.9 Å². The van der Waals surface area contributed by atoms with Crippen LogP contribution >= 0.6 is 15.9 Å². The molecule has 0 saturated heterocycles. The van der Waals surface area contributed by atoms with E-state index in [1.165, 1.54) is 6.07 Å². The van der Waals surface area contributed by atoms with Crippen molar-refractivity contribution in [1.29, 1.82) is 0 Å². The van der Waals surface area contributed by atoms with Gasteiger partial charge in [0.25, 0.3) is 0 Å². The van der Waals surface area contributed by atoms with E-state index in [4.69, 9.17) is 0 Å². The first-order valence-electron chi connectivity index (χ1n) is 3.89. The van der Waals surface area contributed by atoms with Crippen LogP contribution in [0.5, 0.6) is 0 Å². The van der Waals surface area contributed by atoms with Gasteiger partial charge in [0, 0.05) is 9.86 Å². The average molecular weight is 240 g/mol. The van der Waals surface area contributed by atoms with Crippen LogP contribution in [0.15, 0.2) is 28.7 Å². The lowest BCUT2D eigenvalue weighted by atomic mass is 10.2. The van der Waals surface area contributed by atoms with Gasteiger partial charge in [0.1, 0.15) is 5.82 Å². The van der Waals surface area contributed by atoms with Gasteiger partial charge in [-0.2, -0.15) is 0 Å². The Morgan fingerprint density at radius 2 is 2.08 bits per heavy atom. The number of aryl methyl sites for hydroxylation is 1. The number of fused-ring (bicyclic) bond motifs is 1. The summed E-state index contributed by atoms with van der Waals surface area (Å²) < 4.78 is 14.0. The zero-order chi connectivity index (χ0) is 9.42. The number of nitrogens with zero attached hydrogens (tertiary/aromatic N) is 1. The molecule has 1 nitrogen and oxygen atoms in total. The van der Waals surface area contributed by atoms with Gasteiger partial charge in [-0.1, -0.05) is 15.9 Å². The molecule has 0 fully saturated rings.